The number of rotatable bonds is 1. The quantitative estimate of drug-likeness (QED) is 0.758. The van der Waals surface area contributed by atoms with Gasteiger partial charge in [0, 0.05) is 11.8 Å². The Morgan fingerprint density at radius 2 is 1.94 bits per heavy atom. The predicted molar refractivity (Wildman–Crippen MR) is 68.7 cm³/mol. The number of nitrogens with one attached hydrogen (secondary N) is 1. The average Bonchev–Trinajstić information content (AvgIpc) is 2.39. The third-order valence-electron chi connectivity index (χ3n) is 2.39. The molecule has 0 aliphatic heterocycles. The van der Waals surface area contributed by atoms with Crippen molar-refractivity contribution in [2.45, 2.75) is 0 Å². The molecule has 2 aromatic rings. The van der Waals surface area contributed by atoms with Crippen LogP contribution in [0.2, 0.25) is 0 Å². The number of nitrogens with two attached hydrogens (primary N) is 1. The monoisotopic (exact) mass is 253 g/mol. The molecule has 0 saturated heterocycles. The summed E-state index contributed by atoms with van der Waals surface area (Å²) >= 11 is 5.04. The summed E-state index contributed by atoms with van der Waals surface area (Å²) in [6.07, 6.45) is 1.58. The van der Waals surface area contributed by atoms with Crippen LogP contribution in [0.5, 0.6) is 0 Å². The Morgan fingerprint density at radius 3 is 2.50 bits per heavy atom. The number of nitriles is 2. The molecule has 0 radical (unpaired) electrons. The molecule has 0 unspecified atom stereocenters. The Balaban J connectivity index is 2.94. The molecule has 0 aliphatic rings. The summed E-state index contributed by atoms with van der Waals surface area (Å²) in [7, 11) is 0. The van der Waals surface area contributed by atoms with Gasteiger partial charge in [0.15, 0.2) is 0 Å². The fourth-order valence-electron chi connectivity index (χ4n) is 1.61. The van der Waals surface area contributed by atoms with E-state index < -0.39 is 0 Å². The van der Waals surface area contributed by atoms with Crippen LogP contribution < -0.4 is 5.73 Å². The van der Waals surface area contributed by atoms with E-state index in [1.165, 1.54) is 0 Å². The molecule has 0 spiro atoms. The van der Waals surface area contributed by atoms with E-state index in [-0.39, 0.29) is 21.6 Å². The van der Waals surface area contributed by atoms with E-state index in [4.69, 9.17) is 28.5 Å². The highest BCUT2D eigenvalue weighted by atomic mass is 32.1. The molecule has 6 heteroatoms. The minimum atomic E-state index is 0.141. The van der Waals surface area contributed by atoms with E-state index in [2.05, 4.69) is 9.97 Å². The maximum Gasteiger partial charge on any atom is 0.123 e. The molecule has 2 rings (SSSR count). The number of aromatic nitrogens is 2. The number of H-pyrrole nitrogens is 1. The van der Waals surface area contributed by atoms with Crippen LogP contribution in [-0.4, -0.2) is 9.97 Å². The van der Waals surface area contributed by atoms with Gasteiger partial charge in [0.1, 0.15) is 28.2 Å². The maximum atomic E-state index is 9.16. The summed E-state index contributed by atoms with van der Waals surface area (Å²) < 4.78 is 0.203. The molecule has 0 saturated carbocycles. The van der Waals surface area contributed by atoms with Crippen molar-refractivity contribution in [3.8, 4) is 23.4 Å². The first-order valence-electron chi connectivity index (χ1n) is 4.96. The van der Waals surface area contributed by atoms with Gasteiger partial charge in [-0.05, 0) is 12.1 Å². The highest BCUT2D eigenvalue weighted by molar-refractivity contribution is 7.71. The van der Waals surface area contributed by atoms with Gasteiger partial charge in [0.25, 0.3) is 0 Å². The second kappa shape index (κ2) is 4.66. The van der Waals surface area contributed by atoms with Crippen LogP contribution in [0, 0.1) is 27.3 Å². The van der Waals surface area contributed by atoms with Crippen LogP contribution in [0.15, 0.2) is 24.4 Å². The Hall–Kier alpha value is -2.70. The number of pyridine rings is 2. The molecule has 2 heterocycles. The third kappa shape index (κ3) is 1.81. The van der Waals surface area contributed by atoms with Crippen molar-refractivity contribution in [1.29, 1.82) is 10.5 Å². The van der Waals surface area contributed by atoms with Crippen molar-refractivity contribution in [2.24, 2.45) is 0 Å². The van der Waals surface area contributed by atoms with Crippen LogP contribution >= 0.6 is 12.2 Å². The van der Waals surface area contributed by atoms with E-state index in [0.717, 1.165) is 0 Å². The SMILES string of the molecule is N#Cc1c(N)[nH]c(=S)c(C#N)c1-c1ccccn1. The minimum absolute atomic E-state index is 0.141. The van der Waals surface area contributed by atoms with Gasteiger partial charge >= 0.3 is 0 Å². The molecule has 0 fully saturated rings. The van der Waals surface area contributed by atoms with Gasteiger partial charge in [-0.3, -0.25) is 4.98 Å². The van der Waals surface area contributed by atoms with Crippen LogP contribution in [0.25, 0.3) is 11.3 Å². The van der Waals surface area contributed by atoms with Gasteiger partial charge in [-0.2, -0.15) is 10.5 Å². The molecule has 0 aliphatic carbocycles. The summed E-state index contributed by atoms with van der Waals surface area (Å²) in [5.41, 5.74) is 6.97. The Bertz CT molecular complexity index is 734. The Labute approximate surface area is 108 Å². The number of nitrogens with zero attached hydrogens (tertiary/aromatic N) is 3. The van der Waals surface area contributed by atoms with E-state index in [9.17, 15) is 0 Å². The first-order chi connectivity index (χ1) is 8.69. The molecule has 5 nitrogen and oxygen atoms in total. The minimum Gasteiger partial charge on any atom is -0.384 e. The number of aromatic amines is 1. The van der Waals surface area contributed by atoms with E-state index >= 15 is 0 Å². The molecule has 2 aromatic heterocycles. The van der Waals surface area contributed by atoms with Gasteiger partial charge < -0.3 is 10.7 Å². The van der Waals surface area contributed by atoms with Crippen molar-refractivity contribution in [1.82, 2.24) is 9.97 Å². The number of hydrogen-bond acceptors (Lipinski definition) is 5. The van der Waals surface area contributed by atoms with Crippen LogP contribution in [-0.2, 0) is 0 Å². The second-order valence-corrected chi connectivity index (χ2v) is 3.84. The van der Waals surface area contributed by atoms with Crippen LogP contribution in [0.4, 0.5) is 5.82 Å². The van der Waals surface area contributed by atoms with Crippen molar-refractivity contribution in [3.05, 3.63) is 40.2 Å². The number of hydrogen-bond donors (Lipinski definition) is 2. The highest BCUT2D eigenvalue weighted by Gasteiger charge is 2.16. The standard InChI is InChI=1S/C12H7N5S/c13-5-7-10(9-3-1-2-4-16-9)8(6-14)12(18)17-11(7)15/h1-4H,(H3,15,17,18). The van der Waals surface area contributed by atoms with Crippen molar-refractivity contribution >= 4 is 18.0 Å². The highest BCUT2D eigenvalue weighted by Crippen LogP contribution is 2.28. The lowest BCUT2D eigenvalue weighted by molar-refractivity contribution is 1.24. The third-order valence-corrected chi connectivity index (χ3v) is 2.70. The van der Waals surface area contributed by atoms with Crippen molar-refractivity contribution in [2.75, 3.05) is 5.73 Å². The van der Waals surface area contributed by atoms with Gasteiger partial charge in [0.05, 0.1) is 11.3 Å². The van der Waals surface area contributed by atoms with E-state index in [0.29, 0.717) is 11.3 Å². The zero-order valence-electron chi connectivity index (χ0n) is 9.14. The number of nitrogen functional groups attached to an aromatic ring is 1. The Kier molecular flexibility index (Phi) is 3.05. The molecular weight excluding hydrogens is 246 g/mol. The normalized spacial score (nSPS) is 9.44. The smallest absolute Gasteiger partial charge is 0.123 e. The fraction of sp³-hybridized carbons (Fsp3) is 0. The number of anilines is 1. The molecule has 86 valence electrons. The first kappa shape index (κ1) is 11.8. The van der Waals surface area contributed by atoms with Crippen LogP contribution in [0.3, 0.4) is 0 Å². The predicted octanol–water partition coefficient (Wildman–Crippen LogP) is 2.13. The molecule has 3 N–H and O–H groups in total. The van der Waals surface area contributed by atoms with Crippen molar-refractivity contribution in [3.63, 3.8) is 0 Å². The van der Waals surface area contributed by atoms with Gasteiger partial charge in [-0.1, -0.05) is 18.3 Å². The molecule has 0 atom stereocenters. The van der Waals surface area contributed by atoms with Gasteiger partial charge in [-0.25, -0.2) is 0 Å². The van der Waals surface area contributed by atoms with E-state index in [1.54, 1.807) is 24.4 Å². The maximum absolute atomic E-state index is 9.16. The molecular formula is C12H7N5S. The lowest BCUT2D eigenvalue weighted by Gasteiger charge is -2.08. The Morgan fingerprint density at radius 1 is 1.22 bits per heavy atom. The zero-order chi connectivity index (χ0) is 13.1. The summed E-state index contributed by atoms with van der Waals surface area (Å²) in [6, 6.07) is 9.16. The van der Waals surface area contributed by atoms with Crippen molar-refractivity contribution < 1.29 is 0 Å². The molecule has 0 bridgehead atoms. The zero-order valence-corrected chi connectivity index (χ0v) is 9.95. The average molecular weight is 253 g/mol. The summed E-state index contributed by atoms with van der Waals surface area (Å²) in [5, 5.41) is 18.3. The summed E-state index contributed by atoms with van der Waals surface area (Å²) in [5.74, 6) is 0.141. The first-order valence-corrected chi connectivity index (χ1v) is 5.37. The lowest BCUT2D eigenvalue weighted by Crippen LogP contribution is -2.02. The fourth-order valence-corrected chi connectivity index (χ4v) is 1.87. The topological polar surface area (TPSA) is 102 Å². The summed E-state index contributed by atoms with van der Waals surface area (Å²) in [6.45, 7) is 0. The summed E-state index contributed by atoms with van der Waals surface area (Å²) in [4.78, 5) is 6.77. The lowest BCUT2D eigenvalue weighted by atomic mass is 10.0. The van der Waals surface area contributed by atoms with Gasteiger partial charge in [-0.15, -0.1) is 0 Å². The largest absolute Gasteiger partial charge is 0.384 e. The molecule has 0 aromatic carbocycles. The van der Waals surface area contributed by atoms with Gasteiger partial charge in [0.2, 0.25) is 0 Å². The second-order valence-electron chi connectivity index (χ2n) is 3.43. The molecule has 18 heavy (non-hydrogen) atoms. The van der Waals surface area contributed by atoms with E-state index in [1.807, 2.05) is 12.1 Å². The molecule has 0 amide bonds. The van der Waals surface area contributed by atoms with Crippen LogP contribution in [0.1, 0.15) is 11.1 Å².